The minimum absolute atomic E-state index is 0.164. The number of nitrogens with zero attached hydrogens (tertiary/aromatic N) is 2. The topological polar surface area (TPSA) is 75.3 Å². The molecule has 0 aliphatic carbocycles. The van der Waals surface area contributed by atoms with E-state index < -0.39 is 10.0 Å². The molecule has 1 N–H and O–H groups in total. The number of H-pyrrole nitrogens is 1. The van der Waals surface area contributed by atoms with Crippen molar-refractivity contribution in [1.82, 2.24) is 14.5 Å². The minimum atomic E-state index is -3.48. The largest absolute Gasteiger partial charge is 0.378 e. The number of aromatic amines is 1. The lowest BCUT2D eigenvalue weighted by molar-refractivity contribution is 0.0413. The van der Waals surface area contributed by atoms with Crippen LogP contribution in [0, 0.1) is 6.92 Å². The van der Waals surface area contributed by atoms with E-state index in [1.807, 2.05) is 0 Å². The lowest BCUT2D eigenvalue weighted by atomic mass is 10.3. The van der Waals surface area contributed by atoms with Crippen molar-refractivity contribution in [3.63, 3.8) is 0 Å². The maximum atomic E-state index is 12.4. The molecule has 2 heterocycles. The van der Waals surface area contributed by atoms with Gasteiger partial charge in [-0.25, -0.2) is 8.42 Å². The summed E-state index contributed by atoms with van der Waals surface area (Å²) in [5.74, 6) is 0. The SMILES string of the molecule is Cc1[nH]ncc1S(=O)(=O)N1CCOCC1CBr. The van der Waals surface area contributed by atoms with E-state index in [0.717, 1.165) is 0 Å². The molecule has 1 aliphatic rings. The molecule has 0 aromatic carbocycles. The van der Waals surface area contributed by atoms with Crippen LogP contribution in [-0.2, 0) is 14.8 Å². The molecule has 1 atom stereocenters. The standard InChI is InChI=1S/C9H14BrN3O3S/c1-7-9(5-11-12-7)17(14,15)13-2-3-16-6-8(13)4-10/h5,8H,2-4,6H2,1H3,(H,11,12). The summed E-state index contributed by atoms with van der Waals surface area (Å²) in [6.45, 7) is 2.92. The van der Waals surface area contributed by atoms with E-state index in [1.165, 1.54) is 10.5 Å². The Kier molecular flexibility index (Phi) is 3.86. The molecule has 0 radical (unpaired) electrons. The van der Waals surface area contributed by atoms with Gasteiger partial charge in [0.1, 0.15) is 4.90 Å². The molecule has 17 heavy (non-hydrogen) atoms. The maximum absolute atomic E-state index is 12.4. The Balaban J connectivity index is 2.34. The van der Waals surface area contributed by atoms with Crippen LogP contribution in [0.4, 0.5) is 0 Å². The predicted octanol–water partition coefficient (Wildman–Crippen LogP) is 0.503. The molecule has 0 saturated carbocycles. The van der Waals surface area contributed by atoms with Crippen LogP contribution in [0.5, 0.6) is 0 Å². The number of rotatable bonds is 3. The molecule has 2 rings (SSSR count). The van der Waals surface area contributed by atoms with Gasteiger partial charge < -0.3 is 4.74 Å². The van der Waals surface area contributed by atoms with E-state index in [-0.39, 0.29) is 10.9 Å². The second kappa shape index (κ2) is 5.05. The summed E-state index contributed by atoms with van der Waals surface area (Å²) in [7, 11) is -3.48. The van der Waals surface area contributed by atoms with Gasteiger partial charge in [0.15, 0.2) is 0 Å². The Bertz CT molecular complexity index is 487. The van der Waals surface area contributed by atoms with Crippen LogP contribution in [0.1, 0.15) is 5.69 Å². The maximum Gasteiger partial charge on any atom is 0.246 e. The van der Waals surface area contributed by atoms with Gasteiger partial charge in [0.25, 0.3) is 0 Å². The third kappa shape index (κ3) is 2.40. The quantitative estimate of drug-likeness (QED) is 0.822. The molecule has 1 saturated heterocycles. The summed E-state index contributed by atoms with van der Waals surface area (Å²) in [4.78, 5) is 0.241. The highest BCUT2D eigenvalue weighted by Gasteiger charge is 2.34. The first-order chi connectivity index (χ1) is 8.07. The Morgan fingerprint density at radius 3 is 3.06 bits per heavy atom. The zero-order chi connectivity index (χ0) is 12.5. The van der Waals surface area contributed by atoms with E-state index in [9.17, 15) is 8.42 Å². The molecule has 1 unspecified atom stereocenters. The Morgan fingerprint density at radius 1 is 1.71 bits per heavy atom. The highest BCUT2D eigenvalue weighted by Crippen LogP contribution is 2.22. The number of sulfonamides is 1. The molecule has 1 aliphatic heterocycles. The van der Waals surface area contributed by atoms with Gasteiger partial charge in [0.05, 0.1) is 31.1 Å². The normalized spacial score (nSPS) is 22.8. The van der Waals surface area contributed by atoms with Gasteiger partial charge in [-0.2, -0.15) is 9.40 Å². The number of nitrogens with one attached hydrogen (secondary N) is 1. The summed E-state index contributed by atoms with van der Waals surface area (Å²) in [5.41, 5.74) is 0.560. The molecular formula is C9H14BrN3O3S. The molecule has 1 aromatic heterocycles. The predicted molar refractivity (Wildman–Crippen MR) is 65.6 cm³/mol. The van der Waals surface area contributed by atoms with Crippen LogP contribution in [0.15, 0.2) is 11.1 Å². The summed E-state index contributed by atoms with van der Waals surface area (Å²) in [6, 6.07) is -0.164. The average molecular weight is 324 g/mol. The third-order valence-electron chi connectivity index (χ3n) is 2.72. The number of morpholine rings is 1. The molecule has 8 heteroatoms. The molecular weight excluding hydrogens is 310 g/mol. The van der Waals surface area contributed by atoms with Crippen LogP contribution >= 0.6 is 15.9 Å². The van der Waals surface area contributed by atoms with E-state index in [4.69, 9.17) is 4.74 Å². The number of hydrogen-bond donors (Lipinski definition) is 1. The van der Waals surface area contributed by atoms with E-state index in [0.29, 0.717) is 30.8 Å². The van der Waals surface area contributed by atoms with Gasteiger partial charge in [-0.05, 0) is 6.92 Å². The second-order valence-electron chi connectivity index (χ2n) is 3.86. The highest BCUT2D eigenvalue weighted by atomic mass is 79.9. The summed E-state index contributed by atoms with van der Waals surface area (Å²) < 4.78 is 31.6. The van der Waals surface area contributed by atoms with Crippen LogP contribution in [-0.4, -0.2) is 54.1 Å². The number of aryl methyl sites for hydroxylation is 1. The van der Waals surface area contributed by atoms with Gasteiger partial charge in [-0.1, -0.05) is 15.9 Å². The van der Waals surface area contributed by atoms with Crippen LogP contribution in [0.3, 0.4) is 0 Å². The number of ether oxygens (including phenoxy) is 1. The monoisotopic (exact) mass is 323 g/mol. The number of alkyl halides is 1. The summed E-state index contributed by atoms with van der Waals surface area (Å²) >= 11 is 3.32. The molecule has 1 aromatic rings. The van der Waals surface area contributed by atoms with E-state index in [1.54, 1.807) is 6.92 Å². The number of hydrogen-bond acceptors (Lipinski definition) is 4. The summed E-state index contributed by atoms with van der Waals surface area (Å²) in [6.07, 6.45) is 1.35. The van der Waals surface area contributed by atoms with Crippen molar-refractivity contribution in [1.29, 1.82) is 0 Å². The van der Waals surface area contributed by atoms with Crippen molar-refractivity contribution in [2.24, 2.45) is 0 Å². The lowest BCUT2D eigenvalue weighted by Crippen LogP contribution is -2.49. The van der Waals surface area contributed by atoms with Gasteiger partial charge in [0, 0.05) is 11.9 Å². The Hall–Kier alpha value is -0.440. The van der Waals surface area contributed by atoms with Crippen molar-refractivity contribution in [2.75, 3.05) is 25.1 Å². The van der Waals surface area contributed by atoms with Gasteiger partial charge in [-0.15, -0.1) is 0 Å². The second-order valence-corrected chi connectivity index (χ2v) is 6.36. The number of halogens is 1. The van der Waals surface area contributed by atoms with Gasteiger partial charge >= 0.3 is 0 Å². The first-order valence-corrected chi connectivity index (χ1v) is 7.79. The fourth-order valence-corrected chi connectivity index (χ4v) is 4.25. The Labute approximate surface area is 109 Å². The first kappa shape index (κ1) is 13.0. The van der Waals surface area contributed by atoms with E-state index in [2.05, 4.69) is 26.1 Å². The number of aromatic nitrogens is 2. The third-order valence-corrected chi connectivity index (χ3v) is 5.53. The molecule has 96 valence electrons. The van der Waals surface area contributed by atoms with Crippen LogP contribution < -0.4 is 0 Å². The van der Waals surface area contributed by atoms with Crippen molar-refractivity contribution < 1.29 is 13.2 Å². The summed E-state index contributed by atoms with van der Waals surface area (Å²) in [5, 5.41) is 6.97. The Morgan fingerprint density at radius 2 is 2.47 bits per heavy atom. The average Bonchev–Trinajstić information content (AvgIpc) is 2.76. The molecule has 0 bridgehead atoms. The lowest BCUT2D eigenvalue weighted by Gasteiger charge is -2.33. The fraction of sp³-hybridized carbons (Fsp3) is 0.667. The fourth-order valence-electron chi connectivity index (χ4n) is 1.80. The minimum Gasteiger partial charge on any atom is -0.378 e. The van der Waals surface area contributed by atoms with Crippen molar-refractivity contribution in [2.45, 2.75) is 17.9 Å². The van der Waals surface area contributed by atoms with Crippen molar-refractivity contribution in [3.05, 3.63) is 11.9 Å². The molecule has 6 nitrogen and oxygen atoms in total. The van der Waals surface area contributed by atoms with Crippen molar-refractivity contribution >= 4 is 26.0 Å². The molecule has 0 spiro atoms. The van der Waals surface area contributed by atoms with Gasteiger partial charge in [-0.3, -0.25) is 5.10 Å². The van der Waals surface area contributed by atoms with E-state index >= 15 is 0 Å². The first-order valence-electron chi connectivity index (χ1n) is 5.23. The molecule has 0 amide bonds. The van der Waals surface area contributed by atoms with Crippen LogP contribution in [0.25, 0.3) is 0 Å². The highest BCUT2D eigenvalue weighted by molar-refractivity contribution is 9.09. The zero-order valence-corrected chi connectivity index (χ0v) is 11.8. The smallest absolute Gasteiger partial charge is 0.246 e. The van der Waals surface area contributed by atoms with Crippen molar-refractivity contribution in [3.8, 4) is 0 Å². The van der Waals surface area contributed by atoms with Crippen LogP contribution in [0.2, 0.25) is 0 Å². The van der Waals surface area contributed by atoms with Gasteiger partial charge in [0.2, 0.25) is 10.0 Å². The zero-order valence-electron chi connectivity index (χ0n) is 9.39. The molecule has 1 fully saturated rings.